The lowest BCUT2D eigenvalue weighted by atomic mass is 9.82. The van der Waals surface area contributed by atoms with Crippen molar-refractivity contribution < 1.29 is 9.53 Å². The van der Waals surface area contributed by atoms with E-state index in [0.29, 0.717) is 12.2 Å². The van der Waals surface area contributed by atoms with Crippen molar-refractivity contribution in [2.24, 2.45) is 5.41 Å². The van der Waals surface area contributed by atoms with Gasteiger partial charge < -0.3 is 10.1 Å². The number of esters is 1. The van der Waals surface area contributed by atoms with Crippen LogP contribution in [0.1, 0.15) is 55.4 Å². The molecule has 7 heteroatoms. The summed E-state index contributed by atoms with van der Waals surface area (Å²) in [6.45, 7) is 8.87. The summed E-state index contributed by atoms with van der Waals surface area (Å²) in [6.07, 6.45) is 1.45. The fourth-order valence-corrected chi connectivity index (χ4v) is 3.25. The van der Waals surface area contributed by atoms with E-state index in [4.69, 9.17) is 4.74 Å². The number of rotatable bonds is 6. The Morgan fingerprint density at radius 2 is 2.00 bits per heavy atom. The molecule has 28 heavy (non-hydrogen) atoms. The second-order valence-corrected chi connectivity index (χ2v) is 7.74. The van der Waals surface area contributed by atoms with E-state index in [9.17, 15) is 9.59 Å². The van der Waals surface area contributed by atoms with Crippen molar-refractivity contribution >= 4 is 11.6 Å². The number of aromatic nitrogens is 3. The van der Waals surface area contributed by atoms with Crippen LogP contribution in [-0.2, 0) is 11.3 Å². The van der Waals surface area contributed by atoms with Crippen LogP contribution >= 0.6 is 0 Å². The molecule has 0 aliphatic heterocycles. The molecule has 1 unspecified atom stereocenters. The summed E-state index contributed by atoms with van der Waals surface area (Å²) in [5.41, 5.74) is 1.95. The minimum absolute atomic E-state index is 0.0370. The Bertz CT molecular complexity index is 1020. The summed E-state index contributed by atoms with van der Waals surface area (Å²) in [4.78, 5) is 29.0. The van der Waals surface area contributed by atoms with Crippen LogP contribution in [-0.4, -0.2) is 27.2 Å². The normalized spacial score (nSPS) is 12.9. The number of hydrogen-bond acceptors (Lipinski definition) is 5. The number of ether oxygens (including phenoxy) is 1. The lowest BCUT2D eigenvalue weighted by Gasteiger charge is -2.32. The Kier molecular flexibility index (Phi) is 5.65. The highest BCUT2D eigenvalue weighted by atomic mass is 16.5. The molecule has 2 heterocycles. The van der Waals surface area contributed by atoms with E-state index in [1.165, 1.54) is 22.3 Å². The topological polar surface area (TPSA) is 88.5 Å². The van der Waals surface area contributed by atoms with Crippen molar-refractivity contribution in [3.05, 3.63) is 69.8 Å². The number of benzene rings is 1. The maximum atomic E-state index is 12.4. The number of nitrogens with one attached hydrogen (secondary N) is 2. The fourth-order valence-electron chi connectivity index (χ4n) is 3.25. The van der Waals surface area contributed by atoms with Crippen LogP contribution in [0.2, 0.25) is 0 Å². The number of carbonyl (C=O) groups is 1. The Hall–Kier alpha value is -2.93. The minimum Gasteiger partial charge on any atom is -0.462 e. The minimum atomic E-state index is -0.505. The first-order chi connectivity index (χ1) is 13.3. The number of H-pyrrole nitrogens is 1. The molecule has 0 spiro atoms. The molecule has 0 aliphatic rings. The first kappa shape index (κ1) is 19.8. The molecule has 0 saturated heterocycles. The fraction of sp³-hybridized carbons (Fsp3) is 0.381. The van der Waals surface area contributed by atoms with Crippen LogP contribution in [0.3, 0.4) is 0 Å². The van der Waals surface area contributed by atoms with E-state index in [2.05, 4.69) is 48.3 Å². The van der Waals surface area contributed by atoms with Crippen molar-refractivity contribution in [2.75, 3.05) is 6.61 Å². The largest absolute Gasteiger partial charge is 0.462 e. The first-order valence-corrected chi connectivity index (χ1v) is 9.36. The highest BCUT2D eigenvalue weighted by Gasteiger charge is 2.26. The van der Waals surface area contributed by atoms with Crippen molar-refractivity contribution in [3.8, 4) is 0 Å². The van der Waals surface area contributed by atoms with Gasteiger partial charge in [-0.3, -0.25) is 9.89 Å². The summed E-state index contributed by atoms with van der Waals surface area (Å²) in [6, 6.07) is 11.7. The van der Waals surface area contributed by atoms with Gasteiger partial charge in [-0.1, -0.05) is 51.1 Å². The zero-order chi connectivity index (χ0) is 20.3. The second kappa shape index (κ2) is 7.98. The SMILES string of the molecule is CCOC(=O)c1c[nH]n2c(=O)cc(CNC(c3ccccc3)C(C)(C)C)nc12. The lowest BCUT2D eigenvalue weighted by molar-refractivity contribution is 0.0528. The third kappa shape index (κ3) is 4.14. The third-order valence-electron chi connectivity index (χ3n) is 4.53. The molecular formula is C21H26N4O3. The van der Waals surface area contributed by atoms with Gasteiger partial charge in [0.25, 0.3) is 5.56 Å². The van der Waals surface area contributed by atoms with Gasteiger partial charge in [-0.25, -0.2) is 14.3 Å². The zero-order valence-electron chi connectivity index (χ0n) is 16.7. The van der Waals surface area contributed by atoms with Crippen molar-refractivity contribution in [1.29, 1.82) is 0 Å². The third-order valence-corrected chi connectivity index (χ3v) is 4.53. The predicted octanol–water partition coefficient (Wildman–Crippen LogP) is 3.08. The smallest absolute Gasteiger partial charge is 0.343 e. The Morgan fingerprint density at radius 3 is 2.64 bits per heavy atom. The van der Waals surface area contributed by atoms with Gasteiger partial charge in [0.1, 0.15) is 5.56 Å². The Morgan fingerprint density at radius 1 is 1.29 bits per heavy atom. The molecule has 3 aromatic rings. The molecule has 2 N–H and O–H groups in total. The van der Waals surface area contributed by atoms with Gasteiger partial charge in [-0.2, -0.15) is 0 Å². The van der Waals surface area contributed by atoms with Gasteiger partial charge in [-0.05, 0) is 17.9 Å². The average Bonchev–Trinajstić information content (AvgIpc) is 3.06. The Balaban J connectivity index is 1.90. The van der Waals surface area contributed by atoms with Crippen LogP contribution in [0, 0.1) is 5.41 Å². The van der Waals surface area contributed by atoms with Crippen molar-refractivity contribution in [2.45, 2.75) is 40.3 Å². The Labute approximate surface area is 163 Å². The maximum absolute atomic E-state index is 12.4. The number of nitrogens with zero attached hydrogens (tertiary/aromatic N) is 2. The lowest BCUT2D eigenvalue weighted by Crippen LogP contribution is -2.32. The quantitative estimate of drug-likeness (QED) is 0.640. The number of hydrogen-bond donors (Lipinski definition) is 2. The molecule has 0 fully saturated rings. The van der Waals surface area contributed by atoms with Crippen LogP contribution in [0.25, 0.3) is 5.65 Å². The van der Waals surface area contributed by atoms with E-state index in [0.717, 1.165) is 0 Å². The van der Waals surface area contributed by atoms with Crippen LogP contribution in [0.15, 0.2) is 47.4 Å². The molecule has 0 amide bonds. The van der Waals surface area contributed by atoms with E-state index in [1.54, 1.807) is 6.92 Å². The van der Waals surface area contributed by atoms with Gasteiger partial charge in [0, 0.05) is 24.8 Å². The van der Waals surface area contributed by atoms with Crippen LogP contribution in [0.5, 0.6) is 0 Å². The monoisotopic (exact) mass is 382 g/mol. The van der Waals surface area contributed by atoms with Gasteiger partial charge in [0.15, 0.2) is 5.65 Å². The van der Waals surface area contributed by atoms with Gasteiger partial charge in [-0.15, -0.1) is 0 Å². The van der Waals surface area contributed by atoms with E-state index >= 15 is 0 Å². The summed E-state index contributed by atoms with van der Waals surface area (Å²) in [5, 5.41) is 6.27. The molecule has 0 bridgehead atoms. The van der Waals surface area contributed by atoms with Gasteiger partial charge in [0.05, 0.1) is 12.3 Å². The standard InChI is InChI=1S/C21H26N4O3/c1-5-28-20(27)16-13-23-25-17(26)11-15(24-19(16)25)12-22-18(21(2,3)4)14-9-7-6-8-10-14/h6-11,13,18,22-23H,5,12H2,1-4H3. The summed E-state index contributed by atoms with van der Waals surface area (Å²) in [5.74, 6) is -0.505. The van der Waals surface area contributed by atoms with E-state index in [1.807, 2.05) is 18.2 Å². The maximum Gasteiger partial charge on any atom is 0.343 e. The molecule has 148 valence electrons. The molecule has 3 rings (SSSR count). The van der Waals surface area contributed by atoms with Crippen molar-refractivity contribution in [1.82, 2.24) is 19.9 Å². The summed E-state index contributed by atoms with van der Waals surface area (Å²) < 4.78 is 6.29. The predicted molar refractivity (Wildman–Crippen MR) is 107 cm³/mol. The van der Waals surface area contributed by atoms with Crippen LogP contribution in [0.4, 0.5) is 0 Å². The molecule has 1 atom stereocenters. The highest BCUT2D eigenvalue weighted by molar-refractivity contribution is 5.95. The van der Waals surface area contributed by atoms with Crippen LogP contribution < -0.4 is 10.9 Å². The molecule has 1 aromatic carbocycles. The number of fused-ring (bicyclic) bond motifs is 1. The molecule has 0 saturated carbocycles. The zero-order valence-corrected chi connectivity index (χ0v) is 16.7. The molecule has 7 nitrogen and oxygen atoms in total. The summed E-state index contributed by atoms with van der Waals surface area (Å²) >= 11 is 0. The second-order valence-electron chi connectivity index (χ2n) is 7.74. The molecule has 2 aromatic heterocycles. The number of carbonyl (C=O) groups excluding carboxylic acids is 1. The highest BCUT2D eigenvalue weighted by Crippen LogP contribution is 2.32. The number of aromatic amines is 1. The first-order valence-electron chi connectivity index (χ1n) is 9.36. The summed E-state index contributed by atoms with van der Waals surface area (Å²) in [7, 11) is 0. The van der Waals surface area contributed by atoms with Gasteiger partial charge >= 0.3 is 5.97 Å². The molecule has 0 radical (unpaired) electrons. The molecule has 0 aliphatic carbocycles. The van der Waals surface area contributed by atoms with E-state index < -0.39 is 5.97 Å². The molecular weight excluding hydrogens is 356 g/mol. The van der Waals surface area contributed by atoms with Gasteiger partial charge in [0.2, 0.25) is 0 Å². The average molecular weight is 382 g/mol. The van der Waals surface area contributed by atoms with E-state index in [-0.39, 0.29) is 34.8 Å². The van der Waals surface area contributed by atoms with Crippen molar-refractivity contribution in [3.63, 3.8) is 0 Å².